The molecule has 0 saturated carbocycles. The monoisotopic (exact) mass is 344 g/mol. The van der Waals surface area contributed by atoms with E-state index in [1.165, 1.54) is 17.4 Å². The number of thiazole rings is 1. The molecule has 2 aromatic heterocycles. The first kappa shape index (κ1) is 15.9. The summed E-state index contributed by atoms with van der Waals surface area (Å²) in [5.74, 6) is -1.49. The molecule has 24 heavy (non-hydrogen) atoms. The van der Waals surface area contributed by atoms with Crippen molar-refractivity contribution < 1.29 is 18.9 Å². The average Bonchev–Trinajstić information content (AvgIpc) is 3.23. The van der Waals surface area contributed by atoms with Gasteiger partial charge in [-0.25, -0.2) is 9.78 Å². The van der Waals surface area contributed by atoms with Gasteiger partial charge in [-0.1, -0.05) is 29.8 Å². The largest absolute Gasteiger partial charge is 0.453 e. The van der Waals surface area contributed by atoms with Crippen LogP contribution in [0.15, 0.2) is 46.2 Å². The number of furan rings is 1. The van der Waals surface area contributed by atoms with Crippen molar-refractivity contribution in [1.29, 1.82) is 0 Å². The number of nitrogens with zero attached hydrogens (tertiary/aromatic N) is 2. The number of hydrogen-bond acceptors (Lipinski definition) is 7. The predicted octanol–water partition coefficient (Wildman–Crippen LogP) is 3.98. The first-order valence-corrected chi connectivity index (χ1v) is 7.83. The van der Waals surface area contributed by atoms with E-state index in [2.05, 4.69) is 4.98 Å². The van der Waals surface area contributed by atoms with Crippen molar-refractivity contribution in [3.8, 4) is 10.6 Å². The average molecular weight is 344 g/mol. The lowest BCUT2D eigenvalue weighted by Crippen LogP contribution is -2.04. The van der Waals surface area contributed by atoms with Crippen molar-refractivity contribution in [2.45, 2.75) is 13.5 Å². The zero-order valence-corrected chi connectivity index (χ0v) is 13.4. The first-order valence-electron chi connectivity index (χ1n) is 6.96. The molecular weight excluding hydrogens is 332 g/mol. The molecule has 1 aromatic carbocycles. The highest BCUT2D eigenvalue weighted by atomic mass is 32.1. The number of esters is 1. The molecule has 0 radical (unpaired) electrons. The highest BCUT2D eigenvalue weighted by Crippen LogP contribution is 2.24. The van der Waals surface area contributed by atoms with Gasteiger partial charge in [0.25, 0.3) is 0 Å². The predicted molar refractivity (Wildman–Crippen MR) is 86.8 cm³/mol. The van der Waals surface area contributed by atoms with Gasteiger partial charge in [0.15, 0.2) is 0 Å². The maximum absolute atomic E-state index is 11.8. The molecule has 2 heterocycles. The fraction of sp³-hybridized carbons (Fsp3) is 0.125. The fourth-order valence-electron chi connectivity index (χ4n) is 1.95. The second-order valence-electron chi connectivity index (χ2n) is 4.98. The van der Waals surface area contributed by atoms with Gasteiger partial charge in [0.1, 0.15) is 16.5 Å². The van der Waals surface area contributed by atoms with Crippen LogP contribution >= 0.6 is 11.3 Å². The summed E-state index contributed by atoms with van der Waals surface area (Å²) in [6, 6.07) is 10.3. The lowest BCUT2D eigenvalue weighted by atomic mass is 10.2. The van der Waals surface area contributed by atoms with E-state index in [1.807, 2.05) is 31.2 Å². The third-order valence-electron chi connectivity index (χ3n) is 3.17. The Morgan fingerprint density at radius 2 is 2.04 bits per heavy atom. The highest BCUT2D eigenvalue weighted by molar-refractivity contribution is 7.13. The summed E-state index contributed by atoms with van der Waals surface area (Å²) in [6.07, 6.45) is 0. The van der Waals surface area contributed by atoms with E-state index >= 15 is 0 Å². The summed E-state index contributed by atoms with van der Waals surface area (Å²) < 4.78 is 9.85. The van der Waals surface area contributed by atoms with Crippen LogP contribution in [-0.4, -0.2) is 15.9 Å². The molecule has 0 amide bonds. The number of nitro groups is 1. The van der Waals surface area contributed by atoms with Crippen molar-refractivity contribution >= 4 is 23.2 Å². The lowest BCUT2D eigenvalue weighted by Gasteiger charge is -2.00. The Balaban J connectivity index is 1.63. The maximum Gasteiger partial charge on any atom is 0.433 e. The van der Waals surface area contributed by atoms with E-state index in [1.54, 1.807) is 5.38 Å². The molecule has 0 fully saturated rings. The van der Waals surface area contributed by atoms with Gasteiger partial charge in [-0.3, -0.25) is 10.1 Å². The molecule has 0 aliphatic carbocycles. The van der Waals surface area contributed by atoms with Crippen LogP contribution in [0.5, 0.6) is 0 Å². The Hall–Kier alpha value is -3.00. The van der Waals surface area contributed by atoms with Crippen LogP contribution in [0, 0.1) is 17.0 Å². The van der Waals surface area contributed by atoms with E-state index < -0.39 is 16.8 Å². The van der Waals surface area contributed by atoms with E-state index in [-0.39, 0.29) is 12.4 Å². The van der Waals surface area contributed by atoms with Crippen LogP contribution < -0.4 is 0 Å². The van der Waals surface area contributed by atoms with Crippen LogP contribution in [-0.2, 0) is 11.3 Å². The third-order valence-corrected chi connectivity index (χ3v) is 4.11. The number of rotatable bonds is 5. The lowest BCUT2D eigenvalue weighted by molar-refractivity contribution is -0.402. The molecular formula is C16H12N2O5S. The molecule has 0 unspecified atom stereocenters. The summed E-state index contributed by atoms with van der Waals surface area (Å²) in [5.41, 5.74) is 2.76. The molecule has 7 nitrogen and oxygen atoms in total. The third kappa shape index (κ3) is 3.49. The van der Waals surface area contributed by atoms with Gasteiger partial charge in [-0.15, -0.1) is 11.3 Å². The minimum Gasteiger partial charge on any atom is -0.453 e. The molecule has 122 valence electrons. The van der Waals surface area contributed by atoms with E-state index in [0.717, 1.165) is 22.2 Å². The van der Waals surface area contributed by atoms with Crippen LogP contribution in [0.2, 0.25) is 0 Å². The summed E-state index contributed by atoms with van der Waals surface area (Å²) in [6.45, 7) is 1.98. The first-order chi connectivity index (χ1) is 11.5. The van der Waals surface area contributed by atoms with Crippen molar-refractivity contribution in [3.05, 3.63) is 68.9 Å². The molecule has 3 aromatic rings. The Labute approximate surface area is 140 Å². The second kappa shape index (κ2) is 6.63. The van der Waals surface area contributed by atoms with Crippen molar-refractivity contribution in [3.63, 3.8) is 0 Å². The molecule has 0 atom stereocenters. The van der Waals surface area contributed by atoms with E-state index in [4.69, 9.17) is 9.15 Å². The van der Waals surface area contributed by atoms with Crippen LogP contribution in [0.4, 0.5) is 5.88 Å². The quantitative estimate of drug-likeness (QED) is 0.395. The number of carbonyl (C=O) groups is 1. The topological polar surface area (TPSA) is 95.5 Å². The van der Waals surface area contributed by atoms with Crippen LogP contribution in [0.1, 0.15) is 21.8 Å². The number of aromatic nitrogens is 1. The molecule has 3 rings (SSSR count). The molecule has 8 heteroatoms. The zero-order chi connectivity index (χ0) is 17.1. The normalized spacial score (nSPS) is 10.5. The van der Waals surface area contributed by atoms with E-state index in [0.29, 0.717) is 5.69 Å². The Bertz CT molecular complexity index is 882. The van der Waals surface area contributed by atoms with E-state index in [9.17, 15) is 14.9 Å². The van der Waals surface area contributed by atoms with Crippen LogP contribution in [0.25, 0.3) is 10.6 Å². The van der Waals surface area contributed by atoms with Gasteiger partial charge in [0.2, 0.25) is 5.76 Å². The van der Waals surface area contributed by atoms with Gasteiger partial charge < -0.3 is 9.15 Å². The van der Waals surface area contributed by atoms with Gasteiger partial charge in [0.05, 0.1) is 11.8 Å². The molecule has 0 aliphatic heterocycles. The summed E-state index contributed by atoms with van der Waals surface area (Å²) in [5, 5.41) is 13.2. The smallest absolute Gasteiger partial charge is 0.433 e. The molecule has 0 saturated heterocycles. The Kier molecular flexibility index (Phi) is 4.39. The van der Waals surface area contributed by atoms with Gasteiger partial charge in [-0.2, -0.15) is 0 Å². The second-order valence-corrected chi connectivity index (χ2v) is 5.84. The van der Waals surface area contributed by atoms with Crippen molar-refractivity contribution in [2.75, 3.05) is 0 Å². The highest BCUT2D eigenvalue weighted by Gasteiger charge is 2.18. The number of benzene rings is 1. The number of hydrogen-bond donors (Lipinski definition) is 0. The van der Waals surface area contributed by atoms with Crippen LogP contribution in [0.3, 0.4) is 0 Å². The van der Waals surface area contributed by atoms with Gasteiger partial charge in [-0.05, 0) is 13.0 Å². The minimum atomic E-state index is -0.770. The van der Waals surface area contributed by atoms with Gasteiger partial charge in [0, 0.05) is 10.9 Å². The van der Waals surface area contributed by atoms with Gasteiger partial charge >= 0.3 is 11.9 Å². The Morgan fingerprint density at radius 3 is 2.71 bits per heavy atom. The summed E-state index contributed by atoms with van der Waals surface area (Å²) in [7, 11) is 0. The number of ether oxygens (including phenoxy) is 1. The summed E-state index contributed by atoms with van der Waals surface area (Å²) >= 11 is 1.45. The maximum atomic E-state index is 11.8. The number of aryl methyl sites for hydroxylation is 1. The molecule has 0 aliphatic rings. The Morgan fingerprint density at radius 1 is 1.29 bits per heavy atom. The standard InChI is InChI=1S/C16H12N2O5S/c1-10-2-4-11(5-3-10)15-17-12(9-24-15)8-22-16(19)13-6-7-14(23-13)18(20)21/h2-7,9H,8H2,1H3. The van der Waals surface area contributed by atoms with Crippen molar-refractivity contribution in [1.82, 2.24) is 4.98 Å². The molecule has 0 spiro atoms. The summed E-state index contributed by atoms with van der Waals surface area (Å²) in [4.78, 5) is 26.0. The fourth-order valence-corrected chi connectivity index (χ4v) is 2.76. The molecule has 0 N–H and O–H groups in total. The molecule has 0 bridgehead atoms. The minimum absolute atomic E-state index is 0.0321. The SMILES string of the molecule is Cc1ccc(-c2nc(COC(=O)c3ccc([N+](=O)[O-])o3)cs2)cc1. The van der Waals surface area contributed by atoms with Crippen molar-refractivity contribution in [2.24, 2.45) is 0 Å². The number of carbonyl (C=O) groups excluding carboxylic acids is 1. The zero-order valence-electron chi connectivity index (χ0n) is 12.6.